The van der Waals surface area contributed by atoms with Gasteiger partial charge in [-0.3, -0.25) is 0 Å². The fraction of sp³-hybridized carbons (Fsp3) is 0.355. The molecule has 1 unspecified atom stereocenters. The maximum atomic E-state index is 14.0. The van der Waals surface area contributed by atoms with E-state index in [1.807, 2.05) is 64.1 Å². The molecule has 200 valence electrons. The zero-order chi connectivity index (χ0) is 27.4. The summed E-state index contributed by atoms with van der Waals surface area (Å²) in [6.07, 6.45) is -2.66. The number of aromatic nitrogens is 2. The predicted molar refractivity (Wildman–Crippen MR) is 151 cm³/mol. The molecule has 0 amide bonds. The Bertz CT molecular complexity index is 1440. The summed E-state index contributed by atoms with van der Waals surface area (Å²) >= 11 is 0. The van der Waals surface area contributed by atoms with E-state index in [-0.39, 0.29) is 63.3 Å². The molecule has 0 radical (unpaired) electrons. The van der Waals surface area contributed by atoms with Crippen molar-refractivity contribution < 1.29 is 64.6 Å². The first-order valence-electron chi connectivity index (χ1n) is 13.0. The van der Waals surface area contributed by atoms with Crippen LogP contribution in [-0.4, -0.2) is 29.1 Å². The summed E-state index contributed by atoms with van der Waals surface area (Å²) in [6, 6.07) is 15.7. The summed E-state index contributed by atoms with van der Waals surface area (Å²) in [4.78, 5) is 9.53. The maximum absolute atomic E-state index is 14.0. The van der Waals surface area contributed by atoms with E-state index in [0.29, 0.717) is 16.9 Å². The van der Waals surface area contributed by atoms with Crippen LogP contribution in [0.5, 0.6) is 0 Å². The molecular formula is C31H34F3KN4. The second kappa shape index (κ2) is 13.7. The Kier molecular flexibility index (Phi) is 11.1. The number of fused-ring (bicyclic) bond motifs is 1. The van der Waals surface area contributed by atoms with Gasteiger partial charge in [-0.05, 0) is 86.2 Å². The molecule has 0 fully saturated rings. The molecule has 1 N–H and O–H groups in total. The molecule has 4 nitrogen and oxygen atoms in total. The van der Waals surface area contributed by atoms with Crippen molar-refractivity contribution in [3.05, 3.63) is 82.2 Å². The summed E-state index contributed by atoms with van der Waals surface area (Å²) in [6.45, 7) is 11.6. The Hall–Kier alpha value is -1.81. The number of alkyl halides is 3. The van der Waals surface area contributed by atoms with Crippen LogP contribution in [0, 0.1) is 20.8 Å². The van der Waals surface area contributed by atoms with Gasteiger partial charge in [0.1, 0.15) is 5.82 Å². The molecule has 0 saturated heterocycles. The fourth-order valence-corrected chi connectivity index (χ4v) is 4.52. The average Bonchev–Trinajstić information content (AvgIpc) is 2.88. The van der Waals surface area contributed by atoms with Crippen molar-refractivity contribution in [2.45, 2.75) is 59.7 Å². The van der Waals surface area contributed by atoms with Crippen molar-refractivity contribution in [1.29, 1.82) is 0 Å². The molecule has 1 atom stereocenters. The second-order valence-corrected chi connectivity index (χ2v) is 9.91. The fourth-order valence-electron chi connectivity index (χ4n) is 4.52. The molecule has 4 rings (SSSR count). The maximum Gasteiger partial charge on any atom is 1.00 e. The first-order chi connectivity index (χ1) is 18.1. The third-order valence-corrected chi connectivity index (χ3v) is 6.85. The van der Waals surface area contributed by atoms with Gasteiger partial charge in [-0.2, -0.15) is 19.7 Å². The van der Waals surface area contributed by atoms with Crippen LogP contribution in [0.4, 0.5) is 19.0 Å². The summed E-state index contributed by atoms with van der Waals surface area (Å²) in [7, 11) is 0. The van der Waals surface area contributed by atoms with Crippen LogP contribution in [0.15, 0.2) is 54.6 Å². The van der Waals surface area contributed by atoms with E-state index >= 15 is 0 Å². The van der Waals surface area contributed by atoms with E-state index in [1.165, 1.54) is 6.07 Å². The van der Waals surface area contributed by atoms with Crippen LogP contribution in [0.3, 0.4) is 0 Å². The largest absolute Gasteiger partial charge is 1.00 e. The molecule has 1 aromatic heterocycles. The van der Waals surface area contributed by atoms with Gasteiger partial charge in [0, 0.05) is 17.0 Å². The number of nitrogens with one attached hydrogen (secondary N) is 1. The molecule has 0 aliphatic carbocycles. The van der Waals surface area contributed by atoms with Crippen molar-refractivity contribution in [3.63, 3.8) is 0 Å². The van der Waals surface area contributed by atoms with Crippen molar-refractivity contribution in [3.8, 4) is 22.5 Å². The standard InChI is InChI=1S/C31H34F3N4.K/c1-6-35-14-8-10-22(5)36-30-27-11-7-9-20(3)28(27)37-29(38-30)25-16-24(17-26(18-25)31(32,33)34)23-13-12-19(2)21(4)15-23;/h7,9,11-13,15-18,22H,6,8,10,14H2,1-5H3,(H,36,37,38);/q-1;+1. The number of hydrogen-bond donors (Lipinski definition) is 1. The number of benzene rings is 3. The second-order valence-electron chi connectivity index (χ2n) is 9.91. The molecule has 8 heteroatoms. The number of nitrogens with zero attached hydrogens (tertiary/aromatic N) is 3. The summed E-state index contributed by atoms with van der Waals surface area (Å²) < 4.78 is 42.0. The third kappa shape index (κ3) is 7.90. The van der Waals surface area contributed by atoms with Crippen molar-refractivity contribution in [1.82, 2.24) is 9.97 Å². The van der Waals surface area contributed by atoms with Gasteiger partial charge in [0.2, 0.25) is 0 Å². The van der Waals surface area contributed by atoms with Crippen LogP contribution in [-0.2, 0) is 6.18 Å². The Morgan fingerprint density at radius 2 is 1.62 bits per heavy atom. The Labute approximate surface area is 271 Å². The molecule has 0 saturated carbocycles. The van der Waals surface area contributed by atoms with Gasteiger partial charge in [0.25, 0.3) is 0 Å². The van der Waals surface area contributed by atoms with Crippen molar-refractivity contribution in [2.24, 2.45) is 0 Å². The first-order valence-corrected chi connectivity index (χ1v) is 13.0. The van der Waals surface area contributed by atoms with E-state index in [4.69, 9.17) is 9.97 Å². The van der Waals surface area contributed by atoms with Crippen LogP contribution < -0.4 is 56.7 Å². The monoisotopic (exact) mass is 558 g/mol. The first kappa shape index (κ1) is 31.7. The van der Waals surface area contributed by atoms with Crippen LogP contribution in [0.2, 0.25) is 0 Å². The molecule has 0 bridgehead atoms. The molecular weight excluding hydrogens is 524 g/mol. The number of halogens is 3. The minimum absolute atomic E-state index is 0. The molecule has 0 spiro atoms. The summed E-state index contributed by atoms with van der Waals surface area (Å²) in [5, 5.41) is 8.73. The Morgan fingerprint density at radius 1 is 0.872 bits per heavy atom. The SMILES string of the molecule is CC[N-]CCCC(C)Nc1nc(-c2cc(-c3ccc(C)c(C)c3)cc(C(F)(F)F)c2)nc2c(C)cccc12.[K+]. The number of aryl methyl sites for hydroxylation is 3. The van der Waals surface area contributed by atoms with Crippen LogP contribution in [0.25, 0.3) is 38.7 Å². The van der Waals surface area contributed by atoms with Gasteiger partial charge in [0.15, 0.2) is 5.82 Å². The molecule has 0 aliphatic rings. The summed E-state index contributed by atoms with van der Waals surface area (Å²) in [5.74, 6) is 0.887. The molecule has 4 aromatic rings. The van der Waals surface area contributed by atoms with Crippen LogP contribution in [0.1, 0.15) is 48.9 Å². The normalized spacial score (nSPS) is 12.3. The third-order valence-electron chi connectivity index (χ3n) is 6.85. The van der Waals surface area contributed by atoms with E-state index in [2.05, 4.69) is 17.6 Å². The van der Waals surface area contributed by atoms with Gasteiger partial charge in [-0.1, -0.05) is 43.7 Å². The number of rotatable bonds is 9. The minimum Gasteiger partial charge on any atom is -0.662 e. The van der Waals surface area contributed by atoms with Crippen molar-refractivity contribution in [2.75, 3.05) is 18.4 Å². The van der Waals surface area contributed by atoms with E-state index in [9.17, 15) is 13.2 Å². The minimum atomic E-state index is -4.50. The Balaban J connectivity index is 0.00000420. The summed E-state index contributed by atoms with van der Waals surface area (Å²) in [5.41, 5.74) is 4.57. The van der Waals surface area contributed by atoms with Gasteiger partial charge in [0.05, 0.1) is 11.1 Å². The average molecular weight is 559 g/mol. The van der Waals surface area contributed by atoms with Crippen molar-refractivity contribution >= 4 is 16.7 Å². The van der Waals surface area contributed by atoms with E-state index in [1.54, 1.807) is 6.07 Å². The van der Waals surface area contributed by atoms with Gasteiger partial charge < -0.3 is 10.6 Å². The topological polar surface area (TPSA) is 51.9 Å². The van der Waals surface area contributed by atoms with E-state index < -0.39 is 11.7 Å². The van der Waals surface area contributed by atoms with Crippen LogP contribution >= 0.6 is 0 Å². The zero-order valence-corrected chi connectivity index (χ0v) is 26.7. The molecule has 3 aromatic carbocycles. The zero-order valence-electron chi connectivity index (χ0n) is 23.6. The van der Waals surface area contributed by atoms with Gasteiger partial charge in [-0.15, -0.1) is 6.54 Å². The van der Waals surface area contributed by atoms with Gasteiger partial charge in [-0.25, -0.2) is 9.97 Å². The number of hydrogen-bond acceptors (Lipinski definition) is 3. The van der Waals surface area contributed by atoms with E-state index in [0.717, 1.165) is 65.2 Å². The molecule has 39 heavy (non-hydrogen) atoms. The van der Waals surface area contributed by atoms with Gasteiger partial charge >= 0.3 is 57.6 Å². The predicted octanol–water partition coefficient (Wildman–Crippen LogP) is 5.89. The number of anilines is 1. The quantitative estimate of drug-likeness (QED) is 0.206. The molecule has 0 aliphatic heterocycles. The number of para-hydroxylation sites is 1. The Morgan fingerprint density at radius 3 is 2.31 bits per heavy atom. The smallest absolute Gasteiger partial charge is 0.662 e. The molecule has 1 heterocycles.